The summed E-state index contributed by atoms with van der Waals surface area (Å²) in [5, 5.41) is 18.7. The van der Waals surface area contributed by atoms with Crippen LogP contribution in [-0.2, 0) is 0 Å². The summed E-state index contributed by atoms with van der Waals surface area (Å²) < 4.78 is 1.84. The second-order valence-electron chi connectivity index (χ2n) is 6.89. The number of aromatic carboxylic acids is 2. The maximum atomic E-state index is 11.8. The van der Waals surface area contributed by atoms with Gasteiger partial charge in [-0.25, -0.2) is 9.59 Å². The van der Waals surface area contributed by atoms with Crippen LogP contribution in [0, 0.1) is 0 Å². The van der Waals surface area contributed by atoms with Gasteiger partial charge in [-0.1, -0.05) is 6.07 Å². The molecule has 1 aliphatic heterocycles. The van der Waals surface area contributed by atoms with Crippen LogP contribution in [0.4, 0.5) is 11.4 Å². The lowest BCUT2D eigenvalue weighted by atomic mass is 10.1. The third-order valence-corrected chi connectivity index (χ3v) is 5.21. The number of anilines is 2. The third-order valence-electron chi connectivity index (χ3n) is 5.21. The Balaban J connectivity index is 1.57. The number of nitrogens with zero attached hydrogens (tertiary/aromatic N) is 3. The number of carboxylic acid groups (broad SMARTS) is 2. The van der Waals surface area contributed by atoms with Gasteiger partial charge >= 0.3 is 11.9 Å². The van der Waals surface area contributed by atoms with Crippen molar-refractivity contribution >= 4 is 23.3 Å². The highest BCUT2D eigenvalue weighted by Crippen LogP contribution is 2.30. The lowest BCUT2D eigenvalue weighted by Crippen LogP contribution is -2.47. The lowest BCUT2D eigenvalue weighted by Gasteiger charge is -2.38. The Hall–Kier alpha value is -3.74. The molecule has 4 rings (SSSR count). The fourth-order valence-electron chi connectivity index (χ4n) is 3.73. The van der Waals surface area contributed by atoms with Crippen LogP contribution >= 0.6 is 0 Å². The maximum absolute atomic E-state index is 11.8. The van der Waals surface area contributed by atoms with Crippen LogP contribution in [0.2, 0.25) is 0 Å². The largest absolute Gasteiger partial charge is 0.478 e. The fourth-order valence-corrected chi connectivity index (χ4v) is 3.73. The van der Waals surface area contributed by atoms with Crippen molar-refractivity contribution in [2.75, 3.05) is 36.0 Å². The first-order chi connectivity index (χ1) is 14.0. The Morgan fingerprint density at radius 2 is 1.34 bits per heavy atom. The van der Waals surface area contributed by atoms with Crippen LogP contribution in [0.3, 0.4) is 0 Å². The van der Waals surface area contributed by atoms with E-state index in [-0.39, 0.29) is 11.1 Å². The van der Waals surface area contributed by atoms with Crippen LogP contribution in [0.25, 0.3) is 5.69 Å². The van der Waals surface area contributed by atoms with E-state index in [2.05, 4.69) is 9.80 Å². The Morgan fingerprint density at radius 3 is 1.93 bits per heavy atom. The van der Waals surface area contributed by atoms with E-state index in [9.17, 15) is 14.7 Å². The SMILES string of the molecule is O=C(O)c1ccc(N2CCN(c3cccc(C(=O)O)c3-n3cccc3)CC2)cc1. The monoisotopic (exact) mass is 391 g/mol. The molecule has 0 unspecified atom stereocenters. The Kier molecular flexibility index (Phi) is 4.95. The molecule has 1 fully saturated rings. The summed E-state index contributed by atoms with van der Waals surface area (Å²) in [7, 11) is 0. The number of para-hydroxylation sites is 1. The first-order valence-electron chi connectivity index (χ1n) is 9.37. The summed E-state index contributed by atoms with van der Waals surface area (Å²) >= 11 is 0. The van der Waals surface area contributed by atoms with E-state index < -0.39 is 11.9 Å². The standard InChI is InChI=1S/C22H21N3O4/c26-21(27)16-6-8-17(9-7-16)23-12-14-24(15-13-23)19-5-3-4-18(22(28)29)20(19)25-10-1-2-11-25/h1-11H,12-15H2,(H,26,27)(H,28,29). The Morgan fingerprint density at radius 1 is 0.724 bits per heavy atom. The van der Waals surface area contributed by atoms with E-state index in [1.807, 2.05) is 47.3 Å². The van der Waals surface area contributed by atoms with Crippen LogP contribution in [0.1, 0.15) is 20.7 Å². The second kappa shape index (κ2) is 7.71. The van der Waals surface area contributed by atoms with Crippen LogP contribution in [-0.4, -0.2) is 52.9 Å². The second-order valence-corrected chi connectivity index (χ2v) is 6.89. The van der Waals surface area contributed by atoms with Gasteiger partial charge < -0.3 is 24.6 Å². The van der Waals surface area contributed by atoms with Crippen molar-refractivity contribution < 1.29 is 19.8 Å². The molecule has 2 aromatic carbocycles. The zero-order valence-electron chi connectivity index (χ0n) is 15.7. The number of hydrogen-bond donors (Lipinski definition) is 2. The number of aromatic nitrogens is 1. The highest BCUT2D eigenvalue weighted by Gasteiger charge is 2.23. The molecule has 1 aromatic heterocycles. The average molecular weight is 391 g/mol. The van der Waals surface area contributed by atoms with Crippen LogP contribution in [0.5, 0.6) is 0 Å². The molecule has 2 N–H and O–H groups in total. The predicted molar refractivity (Wildman–Crippen MR) is 111 cm³/mol. The normalized spacial score (nSPS) is 14.1. The molecular formula is C22H21N3O4. The van der Waals surface area contributed by atoms with Gasteiger partial charge in [0.1, 0.15) is 0 Å². The van der Waals surface area contributed by atoms with Gasteiger partial charge in [0.05, 0.1) is 22.5 Å². The third kappa shape index (κ3) is 3.67. The minimum absolute atomic E-state index is 0.269. The molecule has 29 heavy (non-hydrogen) atoms. The van der Waals surface area contributed by atoms with E-state index in [1.54, 1.807) is 24.3 Å². The summed E-state index contributed by atoms with van der Waals surface area (Å²) in [5.74, 6) is -1.88. The molecule has 3 aromatic rings. The molecular weight excluding hydrogens is 370 g/mol. The summed E-state index contributed by atoms with van der Waals surface area (Å²) in [6.45, 7) is 2.99. The molecule has 7 nitrogen and oxygen atoms in total. The zero-order valence-corrected chi connectivity index (χ0v) is 15.7. The smallest absolute Gasteiger partial charge is 0.337 e. The molecule has 1 saturated heterocycles. The summed E-state index contributed by atoms with van der Waals surface area (Å²) in [6, 6.07) is 16.0. The molecule has 0 amide bonds. The average Bonchev–Trinajstić information content (AvgIpc) is 3.28. The summed E-state index contributed by atoms with van der Waals surface area (Å²) in [4.78, 5) is 27.2. The zero-order chi connectivity index (χ0) is 20.4. The van der Waals surface area contributed by atoms with E-state index in [4.69, 9.17) is 5.11 Å². The van der Waals surface area contributed by atoms with Crippen molar-refractivity contribution in [3.8, 4) is 5.69 Å². The van der Waals surface area contributed by atoms with Crippen molar-refractivity contribution in [2.45, 2.75) is 0 Å². The number of benzene rings is 2. The minimum atomic E-state index is -0.951. The van der Waals surface area contributed by atoms with Crippen molar-refractivity contribution in [1.82, 2.24) is 4.57 Å². The highest BCUT2D eigenvalue weighted by molar-refractivity contribution is 5.95. The van der Waals surface area contributed by atoms with Gasteiger partial charge in [0.2, 0.25) is 0 Å². The predicted octanol–water partition coefficient (Wildman–Crippen LogP) is 3.20. The molecule has 0 spiro atoms. The van der Waals surface area contributed by atoms with Crippen LogP contribution < -0.4 is 9.80 Å². The first kappa shape index (κ1) is 18.6. The van der Waals surface area contributed by atoms with E-state index in [1.165, 1.54) is 0 Å². The summed E-state index contributed by atoms with van der Waals surface area (Å²) in [5.41, 5.74) is 3.09. The van der Waals surface area contributed by atoms with E-state index in [0.29, 0.717) is 5.69 Å². The van der Waals surface area contributed by atoms with Gasteiger partial charge in [0.15, 0.2) is 0 Å². The minimum Gasteiger partial charge on any atom is -0.478 e. The number of rotatable bonds is 5. The maximum Gasteiger partial charge on any atom is 0.337 e. The van der Waals surface area contributed by atoms with E-state index in [0.717, 1.165) is 37.6 Å². The van der Waals surface area contributed by atoms with Crippen molar-refractivity contribution in [1.29, 1.82) is 0 Å². The summed E-state index contributed by atoms with van der Waals surface area (Å²) in [6.07, 6.45) is 3.71. The van der Waals surface area contributed by atoms with Crippen molar-refractivity contribution in [3.63, 3.8) is 0 Å². The van der Waals surface area contributed by atoms with Gasteiger partial charge in [0, 0.05) is 44.3 Å². The number of hydrogen-bond acceptors (Lipinski definition) is 4. The highest BCUT2D eigenvalue weighted by atomic mass is 16.4. The first-order valence-corrected chi connectivity index (χ1v) is 9.37. The molecule has 7 heteroatoms. The lowest BCUT2D eigenvalue weighted by molar-refractivity contribution is 0.0686. The van der Waals surface area contributed by atoms with Gasteiger partial charge in [-0.2, -0.15) is 0 Å². The molecule has 148 valence electrons. The molecule has 0 aliphatic carbocycles. The molecule has 0 saturated carbocycles. The molecule has 0 atom stereocenters. The molecule has 1 aliphatic rings. The topological polar surface area (TPSA) is 86.0 Å². The number of carbonyl (C=O) groups is 2. The molecule has 0 radical (unpaired) electrons. The van der Waals surface area contributed by atoms with Gasteiger partial charge in [0.25, 0.3) is 0 Å². The van der Waals surface area contributed by atoms with Crippen molar-refractivity contribution in [2.24, 2.45) is 0 Å². The quantitative estimate of drug-likeness (QED) is 0.695. The van der Waals surface area contributed by atoms with Gasteiger partial charge in [-0.3, -0.25) is 0 Å². The van der Waals surface area contributed by atoms with Gasteiger partial charge in [-0.15, -0.1) is 0 Å². The Bertz CT molecular complexity index is 1020. The van der Waals surface area contributed by atoms with Crippen molar-refractivity contribution in [3.05, 3.63) is 78.1 Å². The number of piperazine rings is 1. The fraction of sp³-hybridized carbons (Fsp3) is 0.182. The Labute approximate surface area is 168 Å². The van der Waals surface area contributed by atoms with Gasteiger partial charge in [-0.05, 0) is 48.5 Å². The number of carboxylic acids is 2. The molecule has 2 heterocycles. The molecule has 0 bridgehead atoms. The van der Waals surface area contributed by atoms with E-state index >= 15 is 0 Å². The van der Waals surface area contributed by atoms with Crippen LogP contribution in [0.15, 0.2) is 67.0 Å².